The van der Waals surface area contributed by atoms with Gasteiger partial charge in [-0.05, 0) is 62.6 Å². The molecule has 1 aliphatic heterocycles. The van der Waals surface area contributed by atoms with Crippen LogP contribution in [0.5, 0.6) is 5.75 Å². The maximum Gasteiger partial charge on any atom is 0.303 e. The summed E-state index contributed by atoms with van der Waals surface area (Å²) in [5, 5.41) is 8.78. The zero-order chi connectivity index (χ0) is 22.3. The van der Waals surface area contributed by atoms with Gasteiger partial charge in [0.1, 0.15) is 5.75 Å². The molecule has 1 fully saturated rings. The Bertz CT molecular complexity index is 869. The summed E-state index contributed by atoms with van der Waals surface area (Å²) in [6, 6.07) is 11.6. The lowest BCUT2D eigenvalue weighted by Crippen LogP contribution is -2.50. The predicted molar refractivity (Wildman–Crippen MR) is 121 cm³/mol. The van der Waals surface area contributed by atoms with Crippen LogP contribution in [0.4, 0.5) is 0 Å². The van der Waals surface area contributed by atoms with Gasteiger partial charge in [-0.1, -0.05) is 34.1 Å². The third-order valence-electron chi connectivity index (χ3n) is 5.07. The fourth-order valence-electron chi connectivity index (χ4n) is 3.48. The lowest BCUT2D eigenvalue weighted by atomic mass is 9.92. The minimum atomic E-state index is -0.793. The number of halogens is 1. The lowest BCUT2D eigenvalue weighted by molar-refractivity contribution is -0.288. The van der Waals surface area contributed by atoms with Gasteiger partial charge in [0.15, 0.2) is 11.9 Å². The summed E-state index contributed by atoms with van der Waals surface area (Å²) < 4.78 is 19.7. The molecule has 3 atom stereocenters. The van der Waals surface area contributed by atoms with Gasteiger partial charge in [0.05, 0.1) is 12.7 Å². The van der Waals surface area contributed by atoms with Crippen molar-refractivity contribution in [3.63, 3.8) is 0 Å². The van der Waals surface area contributed by atoms with Gasteiger partial charge in [-0.3, -0.25) is 9.78 Å². The van der Waals surface area contributed by atoms with E-state index in [1.54, 1.807) is 6.20 Å². The number of aromatic nitrogens is 1. The van der Waals surface area contributed by atoms with Crippen molar-refractivity contribution < 1.29 is 24.1 Å². The van der Waals surface area contributed by atoms with E-state index in [4.69, 9.17) is 19.3 Å². The van der Waals surface area contributed by atoms with Gasteiger partial charge in [0, 0.05) is 29.2 Å². The second kappa shape index (κ2) is 10.9. The number of carboxylic acid groups (broad SMARTS) is 1. The highest BCUT2D eigenvalue weighted by Crippen LogP contribution is 2.38. The molecule has 31 heavy (non-hydrogen) atoms. The smallest absolute Gasteiger partial charge is 0.303 e. The first-order valence-corrected chi connectivity index (χ1v) is 11.1. The van der Waals surface area contributed by atoms with Crippen LogP contribution >= 0.6 is 15.9 Å². The molecule has 0 amide bonds. The van der Waals surface area contributed by atoms with Gasteiger partial charge < -0.3 is 19.3 Å². The molecule has 1 aromatic carbocycles. The van der Waals surface area contributed by atoms with Crippen LogP contribution in [0.3, 0.4) is 0 Å². The summed E-state index contributed by atoms with van der Waals surface area (Å²) in [5.74, 6) is 0.0323. The van der Waals surface area contributed by atoms with E-state index in [0.29, 0.717) is 13.0 Å². The van der Waals surface area contributed by atoms with Crippen molar-refractivity contribution in [3.8, 4) is 5.75 Å². The number of carbonyl (C=O) groups is 1. The summed E-state index contributed by atoms with van der Waals surface area (Å²) in [5.41, 5.74) is 0.274. The molecule has 1 aliphatic rings. The Morgan fingerprint density at radius 1 is 1.29 bits per heavy atom. The monoisotopic (exact) mass is 489 g/mol. The summed E-state index contributed by atoms with van der Waals surface area (Å²) in [4.78, 5) is 14.9. The zero-order valence-corrected chi connectivity index (χ0v) is 19.3. The second-order valence-corrected chi connectivity index (χ2v) is 8.98. The summed E-state index contributed by atoms with van der Waals surface area (Å²) in [6.07, 6.45) is 8.06. The number of hydrogen-bond donors (Lipinski definition) is 1. The Kier molecular flexibility index (Phi) is 8.23. The normalized spacial score (nSPS) is 21.8. The maximum absolute atomic E-state index is 10.7. The van der Waals surface area contributed by atoms with Crippen molar-refractivity contribution in [3.05, 3.63) is 71.0 Å². The van der Waals surface area contributed by atoms with Gasteiger partial charge >= 0.3 is 5.97 Å². The molecule has 1 saturated heterocycles. The van der Waals surface area contributed by atoms with E-state index >= 15 is 0 Å². The van der Waals surface area contributed by atoms with E-state index in [9.17, 15) is 4.79 Å². The summed E-state index contributed by atoms with van der Waals surface area (Å²) >= 11 is 3.43. The minimum Gasteiger partial charge on any atom is -0.483 e. The first-order chi connectivity index (χ1) is 14.8. The van der Waals surface area contributed by atoms with Crippen molar-refractivity contribution in [1.82, 2.24) is 4.98 Å². The van der Waals surface area contributed by atoms with Gasteiger partial charge in [-0.15, -0.1) is 0 Å². The Labute approximate surface area is 191 Å². The lowest BCUT2D eigenvalue weighted by Gasteiger charge is -2.42. The Balaban J connectivity index is 1.70. The maximum atomic E-state index is 10.7. The van der Waals surface area contributed by atoms with Crippen molar-refractivity contribution in [1.29, 1.82) is 0 Å². The molecule has 2 heterocycles. The quantitative estimate of drug-likeness (QED) is 0.465. The van der Waals surface area contributed by atoms with Crippen molar-refractivity contribution in [2.75, 3.05) is 6.61 Å². The molecule has 0 aliphatic carbocycles. The number of nitrogens with zero attached hydrogens (tertiary/aromatic N) is 1. The average Bonchev–Trinajstić information content (AvgIpc) is 2.75. The number of carboxylic acids is 1. The largest absolute Gasteiger partial charge is 0.483 e. The highest BCUT2D eigenvalue weighted by Gasteiger charge is 2.42. The van der Waals surface area contributed by atoms with Crippen LogP contribution in [0.15, 0.2) is 65.4 Å². The highest BCUT2D eigenvalue weighted by molar-refractivity contribution is 9.10. The molecule has 0 bridgehead atoms. The van der Waals surface area contributed by atoms with Crippen LogP contribution in [0, 0.1) is 5.92 Å². The fraction of sp³-hybridized carbons (Fsp3) is 0.417. The van der Waals surface area contributed by atoms with Gasteiger partial charge in [0.2, 0.25) is 0 Å². The number of allylic oxidation sites excluding steroid dienone is 2. The van der Waals surface area contributed by atoms with Gasteiger partial charge in [-0.2, -0.15) is 0 Å². The molecule has 0 unspecified atom stereocenters. The van der Waals surface area contributed by atoms with E-state index in [-0.39, 0.29) is 18.4 Å². The van der Waals surface area contributed by atoms with E-state index in [1.807, 2.05) is 68.6 Å². The Morgan fingerprint density at radius 2 is 2.06 bits per heavy atom. The van der Waals surface area contributed by atoms with Crippen LogP contribution in [-0.4, -0.2) is 34.6 Å². The number of pyridine rings is 1. The molecule has 1 aromatic heterocycles. The molecule has 0 spiro atoms. The van der Waals surface area contributed by atoms with Gasteiger partial charge in [0.25, 0.3) is 0 Å². The zero-order valence-electron chi connectivity index (χ0n) is 17.7. The minimum absolute atomic E-state index is 0.0880. The predicted octanol–water partition coefficient (Wildman–Crippen LogP) is 5.54. The Hall–Kier alpha value is -2.22. The highest BCUT2D eigenvalue weighted by atomic mass is 79.9. The average molecular weight is 490 g/mol. The molecular weight excluding hydrogens is 462 g/mol. The topological polar surface area (TPSA) is 77.9 Å². The third-order valence-corrected chi connectivity index (χ3v) is 5.59. The van der Waals surface area contributed by atoms with Crippen LogP contribution in [0.1, 0.15) is 44.8 Å². The molecule has 2 aromatic rings. The number of hydrogen-bond acceptors (Lipinski definition) is 5. The second-order valence-electron chi connectivity index (χ2n) is 8.07. The molecule has 6 nitrogen and oxygen atoms in total. The molecule has 0 saturated carbocycles. The van der Waals surface area contributed by atoms with E-state index in [1.165, 1.54) is 0 Å². The molecule has 3 rings (SSSR count). The van der Waals surface area contributed by atoms with Crippen LogP contribution < -0.4 is 4.74 Å². The fourth-order valence-corrected chi connectivity index (χ4v) is 3.75. The van der Waals surface area contributed by atoms with E-state index in [0.717, 1.165) is 22.2 Å². The summed E-state index contributed by atoms with van der Waals surface area (Å²) in [7, 11) is 0. The first-order valence-electron chi connectivity index (χ1n) is 10.3. The van der Waals surface area contributed by atoms with Crippen LogP contribution in [-0.2, 0) is 14.3 Å². The molecule has 166 valence electrons. The number of ether oxygens (including phenoxy) is 3. The molecular formula is C24H28BrNO5. The van der Waals surface area contributed by atoms with Crippen molar-refractivity contribution in [2.45, 2.75) is 51.1 Å². The SMILES string of the molecule is CC(C)(Oc1ccc(Br)cc1)[C@@H]1OC[C@H](C/C=C\CCC(=O)O)[C@H](c2cccnc2)O1. The molecule has 0 radical (unpaired) electrons. The number of rotatable bonds is 9. The van der Waals surface area contributed by atoms with E-state index < -0.39 is 17.9 Å². The van der Waals surface area contributed by atoms with Crippen LogP contribution in [0.25, 0.3) is 0 Å². The Morgan fingerprint density at radius 3 is 2.74 bits per heavy atom. The van der Waals surface area contributed by atoms with Crippen LogP contribution in [0.2, 0.25) is 0 Å². The number of benzene rings is 1. The van der Waals surface area contributed by atoms with Crippen molar-refractivity contribution in [2.24, 2.45) is 5.92 Å². The molecule has 1 N–H and O–H groups in total. The van der Waals surface area contributed by atoms with Crippen molar-refractivity contribution >= 4 is 21.9 Å². The standard InChI is InChI=1S/C24H28BrNO5/c1-24(2,31-20-12-10-19(25)11-13-20)23-29-16-18(7-4-3-5-9-21(27)28)22(30-23)17-8-6-14-26-15-17/h3-4,6,8,10-15,18,22-23H,5,7,9,16H2,1-2H3,(H,27,28)/b4-3-/t18-,22-,23+/m0/s1. The first kappa shape index (κ1) is 23.4. The van der Waals surface area contributed by atoms with Gasteiger partial charge in [-0.25, -0.2) is 0 Å². The summed E-state index contributed by atoms with van der Waals surface area (Å²) in [6.45, 7) is 4.40. The third kappa shape index (κ3) is 6.89. The van der Waals surface area contributed by atoms with E-state index in [2.05, 4.69) is 20.9 Å². The number of aliphatic carboxylic acids is 1. The molecule has 7 heteroatoms.